The van der Waals surface area contributed by atoms with E-state index in [4.69, 9.17) is 24.4 Å². The summed E-state index contributed by atoms with van der Waals surface area (Å²) in [6.45, 7) is 3.91. The van der Waals surface area contributed by atoms with E-state index in [1.54, 1.807) is 27.4 Å². The molecule has 1 saturated heterocycles. The number of nitrogens with two attached hydrogens (primary N) is 1. The Labute approximate surface area is 164 Å². The zero-order chi connectivity index (χ0) is 20.1. The van der Waals surface area contributed by atoms with E-state index in [-0.39, 0.29) is 12.5 Å². The van der Waals surface area contributed by atoms with Crippen LogP contribution in [0.2, 0.25) is 0 Å². The van der Waals surface area contributed by atoms with Crippen LogP contribution in [0.5, 0.6) is 17.2 Å². The third kappa shape index (κ3) is 4.23. The summed E-state index contributed by atoms with van der Waals surface area (Å²) in [6.07, 6.45) is 1.48. The van der Waals surface area contributed by atoms with E-state index in [1.165, 1.54) is 6.26 Å². The van der Waals surface area contributed by atoms with Crippen molar-refractivity contribution in [3.8, 4) is 17.2 Å². The molecule has 8 heteroatoms. The van der Waals surface area contributed by atoms with Gasteiger partial charge in [0.1, 0.15) is 12.0 Å². The highest BCUT2D eigenvalue weighted by molar-refractivity contribution is 5.94. The number of amides is 1. The second kappa shape index (κ2) is 8.99. The number of benzene rings is 1. The molecule has 8 nitrogen and oxygen atoms in total. The van der Waals surface area contributed by atoms with Gasteiger partial charge in [-0.3, -0.25) is 9.69 Å². The summed E-state index contributed by atoms with van der Waals surface area (Å²) in [5.74, 6) is 2.46. The molecule has 0 spiro atoms. The number of rotatable bonds is 7. The van der Waals surface area contributed by atoms with Crippen LogP contribution in [0.25, 0.3) is 0 Å². The van der Waals surface area contributed by atoms with E-state index in [0.29, 0.717) is 41.7 Å². The predicted octanol–water partition coefficient (Wildman–Crippen LogP) is 1.72. The van der Waals surface area contributed by atoms with Gasteiger partial charge in [0.05, 0.1) is 33.4 Å². The highest BCUT2D eigenvalue weighted by Crippen LogP contribution is 2.38. The number of hydrogen-bond donors (Lipinski definition) is 1. The normalized spacial score (nSPS) is 14.8. The van der Waals surface area contributed by atoms with Gasteiger partial charge in [-0.15, -0.1) is 0 Å². The third-order valence-electron chi connectivity index (χ3n) is 4.89. The summed E-state index contributed by atoms with van der Waals surface area (Å²) in [5.41, 5.74) is 7.16. The van der Waals surface area contributed by atoms with Crippen molar-refractivity contribution in [2.75, 3.05) is 47.5 Å². The lowest BCUT2D eigenvalue weighted by molar-refractivity contribution is 0.0627. The average molecular weight is 389 g/mol. The molecule has 0 radical (unpaired) electrons. The van der Waals surface area contributed by atoms with Crippen molar-refractivity contribution in [1.29, 1.82) is 0 Å². The summed E-state index contributed by atoms with van der Waals surface area (Å²) in [4.78, 5) is 16.7. The molecule has 152 valence electrons. The number of nitrogens with zero attached hydrogens (tertiary/aromatic N) is 2. The molecule has 28 heavy (non-hydrogen) atoms. The van der Waals surface area contributed by atoms with Gasteiger partial charge in [0.25, 0.3) is 5.91 Å². The Balaban J connectivity index is 1.62. The largest absolute Gasteiger partial charge is 0.493 e. The lowest BCUT2D eigenvalue weighted by Gasteiger charge is -2.34. The van der Waals surface area contributed by atoms with E-state index in [2.05, 4.69) is 4.90 Å². The van der Waals surface area contributed by atoms with Crippen molar-refractivity contribution in [2.45, 2.75) is 13.1 Å². The summed E-state index contributed by atoms with van der Waals surface area (Å²) in [6, 6.07) is 5.63. The molecule has 1 aromatic carbocycles. The van der Waals surface area contributed by atoms with Crippen molar-refractivity contribution < 1.29 is 23.4 Å². The topological polar surface area (TPSA) is 90.4 Å². The molecule has 0 saturated carbocycles. The van der Waals surface area contributed by atoms with Crippen LogP contribution in [0.15, 0.2) is 28.9 Å². The molecule has 1 aromatic heterocycles. The van der Waals surface area contributed by atoms with Crippen LogP contribution in [0, 0.1) is 0 Å². The lowest BCUT2D eigenvalue weighted by atomic mass is 10.1. The van der Waals surface area contributed by atoms with Gasteiger partial charge in [0.15, 0.2) is 11.5 Å². The van der Waals surface area contributed by atoms with E-state index >= 15 is 0 Å². The van der Waals surface area contributed by atoms with Crippen molar-refractivity contribution >= 4 is 5.91 Å². The minimum Gasteiger partial charge on any atom is -0.493 e. The second-order valence-electron chi connectivity index (χ2n) is 6.61. The maximum absolute atomic E-state index is 12.6. The van der Waals surface area contributed by atoms with Crippen LogP contribution in [0.1, 0.15) is 21.7 Å². The molecule has 2 N–H and O–H groups in total. The monoisotopic (exact) mass is 389 g/mol. The Morgan fingerprint density at radius 1 is 1.04 bits per heavy atom. The molecule has 2 aromatic rings. The Kier molecular flexibility index (Phi) is 6.43. The number of furan rings is 1. The Morgan fingerprint density at radius 3 is 2.18 bits per heavy atom. The molecule has 0 aliphatic carbocycles. The first-order valence-electron chi connectivity index (χ1n) is 9.17. The van der Waals surface area contributed by atoms with Crippen LogP contribution in [0.3, 0.4) is 0 Å². The average Bonchev–Trinajstić information content (AvgIpc) is 3.22. The maximum Gasteiger partial charge on any atom is 0.257 e. The quantitative estimate of drug-likeness (QED) is 0.771. The van der Waals surface area contributed by atoms with Crippen molar-refractivity contribution in [1.82, 2.24) is 9.80 Å². The van der Waals surface area contributed by atoms with Gasteiger partial charge in [-0.2, -0.15) is 0 Å². The number of ether oxygens (including phenoxy) is 3. The van der Waals surface area contributed by atoms with Crippen molar-refractivity contribution in [3.05, 3.63) is 41.3 Å². The molecule has 0 atom stereocenters. The molecule has 0 bridgehead atoms. The van der Waals surface area contributed by atoms with Gasteiger partial charge in [0, 0.05) is 32.7 Å². The lowest BCUT2D eigenvalue weighted by Crippen LogP contribution is -2.48. The van der Waals surface area contributed by atoms with Gasteiger partial charge in [0.2, 0.25) is 5.75 Å². The molecule has 2 heterocycles. The Morgan fingerprint density at radius 2 is 1.68 bits per heavy atom. The summed E-state index contributed by atoms with van der Waals surface area (Å²) in [5, 5.41) is 0. The van der Waals surface area contributed by atoms with E-state index in [1.807, 2.05) is 17.0 Å². The second-order valence-corrected chi connectivity index (χ2v) is 6.61. The molecule has 1 aliphatic rings. The number of carbonyl (C=O) groups is 1. The Bertz CT molecular complexity index is 787. The SMILES string of the molecule is COc1cc(CN2CCN(C(=O)c3coc(CN)c3)CC2)cc(OC)c1OC. The minimum atomic E-state index is -0.0177. The molecule has 1 fully saturated rings. The fraction of sp³-hybridized carbons (Fsp3) is 0.450. The number of piperazine rings is 1. The highest BCUT2D eigenvalue weighted by Gasteiger charge is 2.24. The smallest absolute Gasteiger partial charge is 0.257 e. The van der Waals surface area contributed by atoms with Crippen LogP contribution in [-0.2, 0) is 13.1 Å². The van der Waals surface area contributed by atoms with E-state index in [0.717, 1.165) is 25.2 Å². The molecule has 0 unspecified atom stereocenters. The summed E-state index contributed by atoms with van der Waals surface area (Å²) < 4.78 is 21.5. The molecular weight excluding hydrogens is 362 g/mol. The molecule has 1 amide bonds. The van der Waals surface area contributed by atoms with Gasteiger partial charge in [-0.05, 0) is 23.8 Å². The predicted molar refractivity (Wildman–Crippen MR) is 104 cm³/mol. The molecule has 1 aliphatic heterocycles. The van der Waals surface area contributed by atoms with Crippen LogP contribution in [0.4, 0.5) is 0 Å². The van der Waals surface area contributed by atoms with Crippen LogP contribution < -0.4 is 19.9 Å². The highest BCUT2D eigenvalue weighted by atomic mass is 16.5. The van der Waals surface area contributed by atoms with Crippen LogP contribution >= 0.6 is 0 Å². The standard InChI is InChI=1S/C20H27N3O5/c1-25-17-8-14(9-18(26-2)19(17)27-3)12-22-4-6-23(7-5-22)20(24)15-10-16(11-21)28-13-15/h8-10,13H,4-7,11-12,21H2,1-3H3. The fourth-order valence-corrected chi connectivity index (χ4v) is 3.38. The van der Waals surface area contributed by atoms with Gasteiger partial charge < -0.3 is 29.3 Å². The third-order valence-corrected chi connectivity index (χ3v) is 4.89. The van der Waals surface area contributed by atoms with Gasteiger partial charge in [-0.25, -0.2) is 0 Å². The first-order chi connectivity index (χ1) is 13.6. The van der Waals surface area contributed by atoms with Gasteiger partial charge >= 0.3 is 0 Å². The number of methoxy groups -OCH3 is 3. The minimum absolute atomic E-state index is 0.0177. The zero-order valence-corrected chi connectivity index (χ0v) is 16.6. The maximum atomic E-state index is 12.6. The van der Waals surface area contributed by atoms with Crippen molar-refractivity contribution in [2.24, 2.45) is 5.73 Å². The van der Waals surface area contributed by atoms with Crippen LogP contribution in [-0.4, -0.2) is 63.2 Å². The first-order valence-corrected chi connectivity index (χ1v) is 9.17. The molecular formula is C20H27N3O5. The van der Waals surface area contributed by atoms with E-state index in [9.17, 15) is 4.79 Å². The number of hydrogen-bond acceptors (Lipinski definition) is 7. The van der Waals surface area contributed by atoms with Crippen molar-refractivity contribution in [3.63, 3.8) is 0 Å². The molecule has 3 rings (SSSR count). The number of carbonyl (C=O) groups excluding carboxylic acids is 1. The van der Waals surface area contributed by atoms with Gasteiger partial charge in [-0.1, -0.05) is 0 Å². The fourth-order valence-electron chi connectivity index (χ4n) is 3.38. The van der Waals surface area contributed by atoms with E-state index < -0.39 is 0 Å². The zero-order valence-electron chi connectivity index (χ0n) is 16.6. The summed E-state index contributed by atoms with van der Waals surface area (Å²) in [7, 11) is 4.81. The summed E-state index contributed by atoms with van der Waals surface area (Å²) >= 11 is 0. The first kappa shape index (κ1) is 20.0. The Hall–Kier alpha value is -2.71.